The molecular weight excluding hydrogens is 425 g/mol. The summed E-state index contributed by atoms with van der Waals surface area (Å²) in [4.78, 5) is 53.4. The summed E-state index contributed by atoms with van der Waals surface area (Å²) in [6.45, 7) is 0.700. The molecule has 168 valence electrons. The van der Waals surface area contributed by atoms with Gasteiger partial charge in [0.15, 0.2) is 0 Å². The first-order valence-electron chi connectivity index (χ1n) is 11.3. The molecule has 1 aliphatic carbocycles. The third-order valence-corrected chi connectivity index (χ3v) is 7.60. The van der Waals surface area contributed by atoms with Gasteiger partial charge < -0.3 is 9.80 Å². The first-order valence-corrected chi connectivity index (χ1v) is 11.3. The van der Waals surface area contributed by atoms with Gasteiger partial charge in [-0.15, -0.1) is 0 Å². The minimum atomic E-state index is -0.700. The number of benzene rings is 2. The Labute approximate surface area is 189 Å². The number of carbonyl (C=O) groups is 4. The third-order valence-electron chi connectivity index (χ3n) is 7.60. The van der Waals surface area contributed by atoms with Gasteiger partial charge >= 0.3 is 0 Å². The minimum absolute atomic E-state index is 0.187. The number of nitrogens with zero attached hydrogens (tertiary/aromatic N) is 2. The van der Waals surface area contributed by atoms with Crippen LogP contribution in [0.4, 0.5) is 10.1 Å². The molecule has 1 saturated heterocycles. The quantitative estimate of drug-likeness (QED) is 0.718. The average molecular weight is 447 g/mol. The SMILES string of the molecule is O=C1CCC(N2Cc3ccc(C(=O)N4CC5(CCC5)c5c(F)cccc54)cc3C2=O)C(=O)N1. The summed E-state index contributed by atoms with van der Waals surface area (Å²) in [5.74, 6) is -1.66. The van der Waals surface area contributed by atoms with Crippen molar-refractivity contribution in [1.82, 2.24) is 10.2 Å². The van der Waals surface area contributed by atoms with Crippen molar-refractivity contribution in [2.45, 2.75) is 50.1 Å². The highest BCUT2D eigenvalue weighted by molar-refractivity contribution is 6.10. The van der Waals surface area contributed by atoms with E-state index in [1.165, 1.54) is 11.0 Å². The Hall–Kier alpha value is -3.55. The topological polar surface area (TPSA) is 86.8 Å². The number of carbonyl (C=O) groups excluding carboxylic acids is 4. The second-order valence-corrected chi connectivity index (χ2v) is 9.43. The Morgan fingerprint density at radius 3 is 2.67 bits per heavy atom. The van der Waals surface area contributed by atoms with E-state index in [9.17, 15) is 23.6 Å². The van der Waals surface area contributed by atoms with Crippen LogP contribution in [0.25, 0.3) is 0 Å². The summed E-state index contributed by atoms with van der Waals surface area (Å²) < 4.78 is 14.7. The first-order chi connectivity index (χ1) is 15.9. The number of piperidine rings is 1. The molecule has 2 aromatic carbocycles. The highest BCUT2D eigenvalue weighted by atomic mass is 19.1. The molecule has 2 aromatic rings. The molecule has 0 bridgehead atoms. The Kier molecular flexibility index (Phi) is 4.24. The maximum atomic E-state index is 14.7. The van der Waals surface area contributed by atoms with Crippen LogP contribution in [0, 0.1) is 5.82 Å². The Bertz CT molecular complexity index is 1250. The average Bonchev–Trinajstić information content (AvgIpc) is 3.30. The van der Waals surface area contributed by atoms with Gasteiger partial charge in [-0.05, 0) is 49.1 Å². The summed E-state index contributed by atoms with van der Waals surface area (Å²) in [5.41, 5.74) is 2.42. The van der Waals surface area contributed by atoms with Crippen molar-refractivity contribution in [3.05, 3.63) is 64.5 Å². The maximum absolute atomic E-state index is 14.7. The molecule has 0 aromatic heterocycles. The molecule has 3 aliphatic heterocycles. The fourth-order valence-electron chi connectivity index (χ4n) is 5.77. The van der Waals surface area contributed by atoms with Gasteiger partial charge in [0.1, 0.15) is 11.9 Å². The van der Waals surface area contributed by atoms with Gasteiger partial charge in [0.2, 0.25) is 11.8 Å². The predicted molar refractivity (Wildman–Crippen MR) is 116 cm³/mol. The van der Waals surface area contributed by atoms with Gasteiger partial charge in [0.05, 0.1) is 5.69 Å². The van der Waals surface area contributed by atoms with Crippen molar-refractivity contribution in [3.8, 4) is 0 Å². The van der Waals surface area contributed by atoms with Crippen molar-refractivity contribution < 1.29 is 23.6 Å². The molecule has 1 atom stereocenters. The van der Waals surface area contributed by atoms with E-state index in [1.54, 1.807) is 35.2 Å². The number of hydrogen-bond acceptors (Lipinski definition) is 4. The number of fused-ring (bicyclic) bond motifs is 3. The van der Waals surface area contributed by atoms with Crippen molar-refractivity contribution >= 4 is 29.3 Å². The van der Waals surface area contributed by atoms with Crippen molar-refractivity contribution in [3.63, 3.8) is 0 Å². The van der Waals surface area contributed by atoms with Gasteiger partial charge in [-0.2, -0.15) is 0 Å². The molecule has 1 saturated carbocycles. The summed E-state index contributed by atoms with van der Waals surface area (Å²) in [7, 11) is 0. The zero-order valence-corrected chi connectivity index (χ0v) is 17.9. The van der Waals surface area contributed by atoms with E-state index < -0.39 is 11.9 Å². The number of hydrogen-bond donors (Lipinski definition) is 1. The molecule has 8 heteroatoms. The molecular formula is C25H22FN3O4. The van der Waals surface area contributed by atoms with Gasteiger partial charge in [0, 0.05) is 41.6 Å². The standard InChI is InChI=1S/C25H22FN3O4/c26-17-3-1-4-18-21(17)25(9-2-10-25)13-29(18)23(32)14-5-6-15-12-28(24(33)16(15)11-14)19-7-8-20(30)27-22(19)31/h1,3-6,11,19H,2,7-10,12-13H2,(H,27,30,31). The van der Waals surface area contributed by atoms with Gasteiger partial charge in [-0.25, -0.2) is 4.39 Å². The number of imide groups is 1. The summed E-state index contributed by atoms with van der Waals surface area (Å²) in [6.07, 6.45) is 3.20. The molecule has 2 fully saturated rings. The number of amides is 4. The molecule has 33 heavy (non-hydrogen) atoms. The van der Waals surface area contributed by atoms with Gasteiger partial charge in [-0.3, -0.25) is 24.5 Å². The summed E-state index contributed by atoms with van der Waals surface area (Å²) in [6, 6.07) is 9.17. The zero-order valence-electron chi connectivity index (χ0n) is 17.9. The van der Waals surface area contributed by atoms with Crippen molar-refractivity contribution in [1.29, 1.82) is 0 Å². The molecule has 4 aliphatic rings. The second-order valence-electron chi connectivity index (χ2n) is 9.43. The zero-order chi connectivity index (χ0) is 22.9. The number of nitrogens with one attached hydrogen (secondary N) is 1. The molecule has 3 heterocycles. The molecule has 1 N–H and O–H groups in total. The number of halogens is 1. The van der Waals surface area contributed by atoms with Crippen LogP contribution in [0.3, 0.4) is 0 Å². The molecule has 4 amide bonds. The normalized spacial score (nSPS) is 22.8. The van der Waals surface area contributed by atoms with E-state index in [0.29, 0.717) is 28.9 Å². The monoisotopic (exact) mass is 447 g/mol. The minimum Gasteiger partial charge on any atom is -0.322 e. The lowest BCUT2D eigenvalue weighted by atomic mass is 9.65. The van der Waals surface area contributed by atoms with E-state index >= 15 is 0 Å². The van der Waals surface area contributed by atoms with E-state index in [4.69, 9.17) is 0 Å². The lowest BCUT2D eigenvalue weighted by molar-refractivity contribution is -0.136. The highest BCUT2D eigenvalue weighted by Crippen LogP contribution is 2.53. The maximum Gasteiger partial charge on any atom is 0.258 e. The second kappa shape index (κ2) is 6.97. The van der Waals surface area contributed by atoms with Crippen molar-refractivity contribution in [2.24, 2.45) is 0 Å². The van der Waals surface area contributed by atoms with Crippen molar-refractivity contribution in [2.75, 3.05) is 11.4 Å². The Balaban J connectivity index is 1.29. The first kappa shape index (κ1) is 20.1. The fourth-order valence-corrected chi connectivity index (χ4v) is 5.77. The summed E-state index contributed by atoms with van der Waals surface area (Å²) >= 11 is 0. The summed E-state index contributed by atoms with van der Waals surface area (Å²) in [5, 5.41) is 2.29. The van der Waals surface area contributed by atoms with Crippen LogP contribution >= 0.6 is 0 Å². The van der Waals surface area contributed by atoms with Gasteiger partial charge in [0.25, 0.3) is 11.8 Å². The van der Waals surface area contributed by atoms with Crippen LogP contribution in [0.1, 0.15) is 63.9 Å². The largest absolute Gasteiger partial charge is 0.322 e. The Morgan fingerprint density at radius 1 is 1.12 bits per heavy atom. The van der Waals surface area contributed by atoms with Crippen LogP contribution in [0.15, 0.2) is 36.4 Å². The fraction of sp³-hybridized carbons (Fsp3) is 0.360. The van der Waals surface area contributed by atoms with E-state index in [2.05, 4.69) is 5.32 Å². The van der Waals surface area contributed by atoms with Gasteiger partial charge in [-0.1, -0.05) is 18.6 Å². The lowest BCUT2D eigenvalue weighted by Gasteiger charge is -2.39. The van der Waals surface area contributed by atoms with Crippen LogP contribution in [0.5, 0.6) is 0 Å². The predicted octanol–water partition coefficient (Wildman–Crippen LogP) is 2.67. The molecule has 0 radical (unpaired) electrons. The smallest absolute Gasteiger partial charge is 0.258 e. The number of anilines is 1. The van der Waals surface area contributed by atoms with E-state index in [0.717, 1.165) is 24.8 Å². The third kappa shape index (κ3) is 2.86. The molecule has 1 unspecified atom stereocenters. The van der Waals surface area contributed by atoms with E-state index in [1.807, 2.05) is 0 Å². The molecule has 7 nitrogen and oxygen atoms in total. The molecule has 6 rings (SSSR count). The lowest BCUT2D eigenvalue weighted by Crippen LogP contribution is -2.52. The number of rotatable bonds is 2. The highest BCUT2D eigenvalue weighted by Gasteiger charge is 2.50. The Morgan fingerprint density at radius 2 is 1.94 bits per heavy atom. The van der Waals surface area contributed by atoms with E-state index in [-0.39, 0.29) is 48.3 Å². The molecule has 1 spiro atoms. The van der Waals surface area contributed by atoms with Crippen LogP contribution < -0.4 is 10.2 Å². The van der Waals surface area contributed by atoms with Crippen LogP contribution in [-0.2, 0) is 21.5 Å². The van der Waals surface area contributed by atoms with Crippen LogP contribution in [0.2, 0.25) is 0 Å². The van der Waals surface area contributed by atoms with Crippen LogP contribution in [-0.4, -0.2) is 41.1 Å².